The Labute approximate surface area is 76.1 Å². The van der Waals surface area contributed by atoms with E-state index in [-0.39, 0.29) is 18.9 Å². The fourth-order valence-electron chi connectivity index (χ4n) is 1.34. The van der Waals surface area contributed by atoms with Gasteiger partial charge in [0.1, 0.15) is 0 Å². The van der Waals surface area contributed by atoms with Gasteiger partial charge in [-0.25, -0.2) is 8.78 Å². The van der Waals surface area contributed by atoms with E-state index in [9.17, 15) is 13.6 Å². The number of carbonyl (C=O) groups excluding carboxylic acids is 1. The SMILES string of the molecule is CNCCC(=O)N1CCC(F)(F)C1. The van der Waals surface area contributed by atoms with Crippen LogP contribution in [0.3, 0.4) is 0 Å². The maximum absolute atomic E-state index is 12.7. The van der Waals surface area contributed by atoms with Gasteiger partial charge in [0.05, 0.1) is 6.54 Å². The highest BCUT2D eigenvalue weighted by Crippen LogP contribution is 2.26. The van der Waals surface area contributed by atoms with E-state index in [2.05, 4.69) is 5.32 Å². The largest absolute Gasteiger partial charge is 0.336 e. The minimum atomic E-state index is -2.67. The number of rotatable bonds is 3. The first kappa shape index (κ1) is 10.4. The molecule has 1 rings (SSSR count). The van der Waals surface area contributed by atoms with E-state index >= 15 is 0 Å². The number of hydrogen-bond acceptors (Lipinski definition) is 2. The van der Waals surface area contributed by atoms with Crippen molar-refractivity contribution in [1.29, 1.82) is 0 Å². The first-order valence-electron chi connectivity index (χ1n) is 4.35. The third-order valence-corrected chi connectivity index (χ3v) is 2.11. The number of hydrogen-bond donors (Lipinski definition) is 1. The zero-order valence-electron chi connectivity index (χ0n) is 7.65. The quantitative estimate of drug-likeness (QED) is 0.704. The van der Waals surface area contributed by atoms with Gasteiger partial charge in [-0.1, -0.05) is 0 Å². The summed E-state index contributed by atoms with van der Waals surface area (Å²) in [5.74, 6) is -2.86. The molecule has 0 unspecified atom stereocenters. The average molecular weight is 192 g/mol. The Hall–Kier alpha value is -0.710. The molecule has 5 heteroatoms. The number of alkyl halides is 2. The maximum atomic E-state index is 12.7. The van der Waals surface area contributed by atoms with Gasteiger partial charge in [-0.05, 0) is 7.05 Å². The molecule has 0 aromatic rings. The van der Waals surface area contributed by atoms with Crippen LogP contribution < -0.4 is 5.32 Å². The van der Waals surface area contributed by atoms with E-state index in [4.69, 9.17) is 0 Å². The van der Waals surface area contributed by atoms with Crippen molar-refractivity contribution in [3.63, 3.8) is 0 Å². The fraction of sp³-hybridized carbons (Fsp3) is 0.875. The van der Waals surface area contributed by atoms with Crippen LogP contribution in [-0.2, 0) is 4.79 Å². The molecule has 1 aliphatic heterocycles. The minimum absolute atomic E-state index is 0.188. The zero-order chi connectivity index (χ0) is 9.90. The molecule has 0 aromatic heterocycles. The molecular weight excluding hydrogens is 178 g/mol. The summed E-state index contributed by atoms with van der Waals surface area (Å²) < 4.78 is 25.3. The second-order valence-corrected chi connectivity index (χ2v) is 3.27. The van der Waals surface area contributed by atoms with Crippen LogP contribution in [0, 0.1) is 0 Å². The molecule has 0 radical (unpaired) electrons. The van der Waals surface area contributed by atoms with Crippen molar-refractivity contribution in [2.24, 2.45) is 0 Å². The molecular formula is C8H14F2N2O. The summed E-state index contributed by atoms with van der Waals surface area (Å²) in [6.45, 7) is 0.325. The summed E-state index contributed by atoms with van der Waals surface area (Å²) >= 11 is 0. The van der Waals surface area contributed by atoms with Gasteiger partial charge >= 0.3 is 0 Å². The highest BCUT2D eigenvalue weighted by molar-refractivity contribution is 5.76. The van der Waals surface area contributed by atoms with Gasteiger partial charge in [0.15, 0.2) is 0 Å². The molecule has 1 saturated heterocycles. The molecule has 1 N–H and O–H groups in total. The van der Waals surface area contributed by atoms with E-state index in [0.29, 0.717) is 13.0 Å². The number of nitrogens with one attached hydrogen (secondary N) is 1. The van der Waals surface area contributed by atoms with Crippen LogP contribution in [-0.4, -0.2) is 43.4 Å². The lowest BCUT2D eigenvalue weighted by molar-refractivity contribution is -0.131. The second-order valence-electron chi connectivity index (χ2n) is 3.27. The number of halogens is 2. The molecule has 1 amide bonds. The summed E-state index contributed by atoms with van der Waals surface area (Å²) in [5.41, 5.74) is 0. The van der Waals surface area contributed by atoms with Crippen molar-refractivity contribution in [1.82, 2.24) is 10.2 Å². The summed E-state index contributed by atoms with van der Waals surface area (Å²) in [5, 5.41) is 2.81. The van der Waals surface area contributed by atoms with Crippen LogP contribution in [0.4, 0.5) is 8.78 Å². The van der Waals surface area contributed by atoms with Gasteiger partial charge in [-0.15, -0.1) is 0 Å². The molecule has 1 fully saturated rings. The van der Waals surface area contributed by atoms with Gasteiger partial charge < -0.3 is 10.2 Å². The number of nitrogens with zero attached hydrogens (tertiary/aromatic N) is 1. The van der Waals surface area contributed by atoms with Crippen LogP contribution in [0.5, 0.6) is 0 Å². The Balaban J connectivity index is 2.33. The molecule has 0 saturated carbocycles. The summed E-state index contributed by atoms with van der Waals surface area (Å²) in [6.07, 6.45) is 0.102. The highest BCUT2D eigenvalue weighted by Gasteiger charge is 2.39. The molecule has 0 aliphatic carbocycles. The Morgan fingerprint density at radius 3 is 2.77 bits per heavy atom. The predicted molar refractivity (Wildman–Crippen MR) is 44.7 cm³/mol. The first-order chi connectivity index (χ1) is 6.05. The van der Waals surface area contributed by atoms with E-state index in [0.717, 1.165) is 0 Å². The Bertz CT molecular complexity index is 197. The third kappa shape index (κ3) is 2.91. The molecule has 1 aliphatic rings. The molecule has 0 aromatic carbocycles. The maximum Gasteiger partial charge on any atom is 0.267 e. The summed E-state index contributed by atoms with van der Waals surface area (Å²) in [7, 11) is 1.73. The number of carbonyl (C=O) groups is 1. The van der Waals surface area contributed by atoms with Crippen molar-refractivity contribution >= 4 is 5.91 Å². The molecule has 13 heavy (non-hydrogen) atoms. The smallest absolute Gasteiger partial charge is 0.267 e. The Morgan fingerprint density at radius 2 is 2.31 bits per heavy atom. The van der Waals surface area contributed by atoms with Crippen LogP contribution in [0.2, 0.25) is 0 Å². The van der Waals surface area contributed by atoms with Crippen LogP contribution in [0.15, 0.2) is 0 Å². The molecule has 0 atom stereocenters. The van der Waals surface area contributed by atoms with Crippen LogP contribution in [0.1, 0.15) is 12.8 Å². The lowest BCUT2D eigenvalue weighted by Crippen LogP contribution is -2.32. The van der Waals surface area contributed by atoms with Gasteiger partial charge in [-0.2, -0.15) is 0 Å². The van der Waals surface area contributed by atoms with Gasteiger partial charge in [0.25, 0.3) is 5.92 Å². The van der Waals surface area contributed by atoms with Crippen LogP contribution in [0.25, 0.3) is 0 Å². The van der Waals surface area contributed by atoms with Crippen molar-refractivity contribution in [2.75, 3.05) is 26.7 Å². The van der Waals surface area contributed by atoms with E-state index < -0.39 is 12.5 Å². The van der Waals surface area contributed by atoms with Gasteiger partial charge in [-0.3, -0.25) is 4.79 Å². The normalized spacial score (nSPS) is 20.7. The predicted octanol–water partition coefficient (Wildman–Crippen LogP) is 0.464. The fourth-order valence-corrected chi connectivity index (χ4v) is 1.34. The monoisotopic (exact) mass is 192 g/mol. The zero-order valence-corrected chi connectivity index (χ0v) is 7.65. The summed E-state index contributed by atoms with van der Waals surface area (Å²) in [6, 6.07) is 0. The highest BCUT2D eigenvalue weighted by atomic mass is 19.3. The van der Waals surface area contributed by atoms with E-state index in [1.54, 1.807) is 7.05 Å². The molecule has 1 heterocycles. The molecule has 0 bridgehead atoms. The van der Waals surface area contributed by atoms with Crippen molar-refractivity contribution < 1.29 is 13.6 Å². The number of amides is 1. The second kappa shape index (κ2) is 4.00. The van der Waals surface area contributed by atoms with Crippen molar-refractivity contribution in [3.8, 4) is 0 Å². The minimum Gasteiger partial charge on any atom is -0.336 e. The molecule has 3 nitrogen and oxygen atoms in total. The van der Waals surface area contributed by atoms with E-state index in [1.165, 1.54) is 4.90 Å². The molecule has 76 valence electrons. The lowest BCUT2D eigenvalue weighted by Gasteiger charge is -2.15. The third-order valence-electron chi connectivity index (χ3n) is 2.11. The summed E-state index contributed by atoms with van der Waals surface area (Å²) in [4.78, 5) is 12.5. The Morgan fingerprint density at radius 1 is 1.62 bits per heavy atom. The molecule has 0 spiro atoms. The lowest BCUT2D eigenvalue weighted by atomic mass is 10.3. The average Bonchev–Trinajstić information content (AvgIpc) is 2.42. The van der Waals surface area contributed by atoms with Crippen LogP contribution >= 0.6 is 0 Å². The first-order valence-corrected chi connectivity index (χ1v) is 4.35. The Kier molecular flexibility index (Phi) is 3.19. The number of likely N-dealkylation sites (tertiary alicyclic amines) is 1. The van der Waals surface area contributed by atoms with E-state index in [1.807, 2.05) is 0 Å². The standard InChI is InChI=1S/C8H14F2N2O/c1-11-4-2-7(13)12-5-3-8(9,10)6-12/h11H,2-6H2,1H3. The van der Waals surface area contributed by atoms with Gasteiger partial charge in [0, 0.05) is 25.9 Å². The van der Waals surface area contributed by atoms with Crippen molar-refractivity contribution in [2.45, 2.75) is 18.8 Å². The topological polar surface area (TPSA) is 32.3 Å². The van der Waals surface area contributed by atoms with Gasteiger partial charge in [0.2, 0.25) is 5.91 Å². The van der Waals surface area contributed by atoms with Crippen molar-refractivity contribution in [3.05, 3.63) is 0 Å².